The maximum Gasteiger partial charge on any atom is 0.0413 e. The van der Waals surface area contributed by atoms with Crippen LogP contribution in [0.5, 0.6) is 0 Å². The van der Waals surface area contributed by atoms with Crippen LogP contribution in [-0.4, -0.2) is 4.98 Å². The van der Waals surface area contributed by atoms with Crippen molar-refractivity contribution in [2.45, 2.75) is 6.92 Å². The van der Waals surface area contributed by atoms with Gasteiger partial charge in [-0.1, -0.05) is 17.7 Å². The first-order chi connectivity index (χ1) is 7.16. The number of nitrogens with zero attached hydrogens (tertiary/aromatic N) is 1. The van der Waals surface area contributed by atoms with Crippen molar-refractivity contribution in [1.29, 1.82) is 0 Å². The van der Waals surface area contributed by atoms with Gasteiger partial charge in [0.05, 0.1) is 0 Å². The molecule has 0 atom stereocenters. The molecule has 2 N–H and O–H groups in total. The van der Waals surface area contributed by atoms with Crippen molar-refractivity contribution in [2.24, 2.45) is 0 Å². The number of nitrogen functional groups attached to an aromatic ring is 1. The number of pyridine rings is 1. The molecule has 0 fully saturated rings. The van der Waals surface area contributed by atoms with E-state index in [4.69, 9.17) is 17.3 Å². The van der Waals surface area contributed by atoms with Crippen molar-refractivity contribution >= 4 is 17.3 Å². The molecule has 1 aromatic heterocycles. The summed E-state index contributed by atoms with van der Waals surface area (Å²) in [6.45, 7) is 1.95. The number of aromatic nitrogens is 1. The number of hydrogen-bond donors (Lipinski definition) is 1. The monoisotopic (exact) mass is 218 g/mol. The van der Waals surface area contributed by atoms with Crippen molar-refractivity contribution in [3.63, 3.8) is 0 Å². The lowest BCUT2D eigenvalue weighted by molar-refractivity contribution is 1.20. The maximum absolute atomic E-state index is 5.92. The number of anilines is 1. The van der Waals surface area contributed by atoms with E-state index in [1.54, 1.807) is 18.3 Å². The van der Waals surface area contributed by atoms with Crippen molar-refractivity contribution in [1.82, 2.24) is 4.98 Å². The number of nitrogens with two attached hydrogens (primary N) is 1. The number of aryl methyl sites for hydroxylation is 1. The van der Waals surface area contributed by atoms with Gasteiger partial charge in [-0.3, -0.25) is 4.98 Å². The minimum Gasteiger partial charge on any atom is -0.398 e. The molecule has 2 aromatic rings. The van der Waals surface area contributed by atoms with Gasteiger partial charge >= 0.3 is 0 Å². The Bertz CT molecular complexity index is 477. The van der Waals surface area contributed by atoms with E-state index in [1.807, 2.05) is 25.1 Å². The van der Waals surface area contributed by atoms with Gasteiger partial charge in [0.15, 0.2) is 0 Å². The number of halogens is 1. The average molecular weight is 219 g/mol. The van der Waals surface area contributed by atoms with E-state index in [0.29, 0.717) is 10.7 Å². The van der Waals surface area contributed by atoms with E-state index in [1.165, 1.54) is 0 Å². The van der Waals surface area contributed by atoms with Crippen LogP contribution >= 0.6 is 11.6 Å². The minimum atomic E-state index is 0.680. The van der Waals surface area contributed by atoms with Gasteiger partial charge in [0.1, 0.15) is 0 Å². The number of hydrogen-bond acceptors (Lipinski definition) is 2. The summed E-state index contributed by atoms with van der Waals surface area (Å²) >= 11 is 5.92. The van der Waals surface area contributed by atoms with Gasteiger partial charge in [0.2, 0.25) is 0 Å². The van der Waals surface area contributed by atoms with Crippen LogP contribution in [0.2, 0.25) is 5.02 Å². The summed E-state index contributed by atoms with van der Waals surface area (Å²) in [4.78, 5) is 4.23. The van der Waals surface area contributed by atoms with Gasteiger partial charge in [-0.15, -0.1) is 0 Å². The predicted molar refractivity (Wildman–Crippen MR) is 63.8 cm³/mol. The first-order valence-electron chi connectivity index (χ1n) is 4.65. The summed E-state index contributed by atoms with van der Waals surface area (Å²) in [7, 11) is 0. The van der Waals surface area contributed by atoms with Crippen LogP contribution < -0.4 is 5.73 Å². The van der Waals surface area contributed by atoms with Crippen LogP contribution in [0.15, 0.2) is 36.5 Å². The molecule has 3 heteroatoms. The van der Waals surface area contributed by atoms with Crippen LogP contribution in [0.1, 0.15) is 5.69 Å². The summed E-state index contributed by atoms with van der Waals surface area (Å²) < 4.78 is 0. The Morgan fingerprint density at radius 1 is 1.20 bits per heavy atom. The highest BCUT2D eigenvalue weighted by Crippen LogP contribution is 2.28. The summed E-state index contributed by atoms with van der Waals surface area (Å²) in [5.41, 5.74) is 9.48. The Kier molecular flexibility index (Phi) is 2.60. The molecule has 0 unspecified atom stereocenters. The molecule has 76 valence electrons. The topological polar surface area (TPSA) is 38.9 Å². The van der Waals surface area contributed by atoms with Crippen LogP contribution in [0.3, 0.4) is 0 Å². The third-order valence-electron chi connectivity index (χ3n) is 2.24. The SMILES string of the molecule is Cc1ccc(-c2cc(Cl)ccc2N)cn1. The van der Waals surface area contributed by atoms with Gasteiger partial charge in [-0.05, 0) is 31.2 Å². The quantitative estimate of drug-likeness (QED) is 0.746. The molecule has 1 aromatic carbocycles. The van der Waals surface area contributed by atoms with E-state index in [-0.39, 0.29) is 0 Å². The molecule has 1 heterocycles. The summed E-state index contributed by atoms with van der Waals surface area (Å²) in [5.74, 6) is 0. The third kappa shape index (κ3) is 2.10. The van der Waals surface area contributed by atoms with Gasteiger partial charge in [0, 0.05) is 33.7 Å². The van der Waals surface area contributed by atoms with Crippen LogP contribution in [0.25, 0.3) is 11.1 Å². The van der Waals surface area contributed by atoms with Gasteiger partial charge < -0.3 is 5.73 Å². The molecule has 0 saturated heterocycles. The third-order valence-corrected chi connectivity index (χ3v) is 2.47. The minimum absolute atomic E-state index is 0.680. The molecule has 0 radical (unpaired) electrons. The Hall–Kier alpha value is -1.54. The molecule has 0 aliphatic rings. The normalized spacial score (nSPS) is 10.3. The van der Waals surface area contributed by atoms with Crippen molar-refractivity contribution in [2.75, 3.05) is 5.73 Å². The van der Waals surface area contributed by atoms with E-state index >= 15 is 0 Å². The Morgan fingerprint density at radius 2 is 2.00 bits per heavy atom. The standard InChI is InChI=1S/C12H11ClN2/c1-8-2-3-9(7-15-8)11-6-10(13)4-5-12(11)14/h2-7H,14H2,1H3. The lowest BCUT2D eigenvalue weighted by atomic mass is 10.1. The summed E-state index contributed by atoms with van der Waals surface area (Å²) in [6.07, 6.45) is 1.80. The Labute approximate surface area is 93.7 Å². The largest absolute Gasteiger partial charge is 0.398 e. The van der Waals surface area contributed by atoms with E-state index in [9.17, 15) is 0 Å². The second-order valence-electron chi connectivity index (χ2n) is 3.42. The van der Waals surface area contributed by atoms with Crippen LogP contribution in [0, 0.1) is 6.92 Å². The maximum atomic E-state index is 5.92. The first kappa shape index (κ1) is 9.99. The molecule has 2 nitrogen and oxygen atoms in total. The second kappa shape index (κ2) is 3.91. The molecule has 0 aliphatic carbocycles. The Morgan fingerprint density at radius 3 is 2.67 bits per heavy atom. The average Bonchev–Trinajstić information content (AvgIpc) is 2.23. The van der Waals surface area contributed by atoms with Gasteiger partial charge in [-0.2, -0.15) is 0 Å². The molecular weight excluding hydrogens is 208 g/mol. The fourth-order valence-corrected chi connectivity index (χ4v) is 1.58. The highest BCUT2D eigenvalue weighted by atomic mass is 35.5. The zero-order chi connectivity index (χ0) is 10.8. The van der Waals surface area contributed by atoms with Gasteiger partial charge in [0.25, 0.3) is 0 Å². The van der Waals surface area contributed by atoms with E-state index in [0.717, 1.165) is 16.8 Å². The molecule has 2 rings (SSSR count). The lowest BCUT2D eigenvalue weighted by Gasteiger charge is -2.06. The van der Waals surface area contributed by atoms with Crippen LogP contribution in [0.4, 0.5) is 5.69 Å². The van der Waals surface area contributed by atoms with Gasteiger partial charge in [-0.25, -0.2) is 0 Å². The number of rotatable bonds is 1. The van der Waals surface area contributed by atoms with Crippen molar-refractivity contribution in [3.8, 4) is 11.1 Å². The predicted octanol–water partition coefficient (Wildman–Crippen LogP) is 3.29. The second-order valence-corrected chi connectivity index (χ2v) is 3.86. The fourth-order valence-electron chi connectivity index (χ4n) is 1.41. The molecule has 15 heavy (non-hydrogen) atoms. The lowest BCUT2D eigenvalue weighted by Crippen LogP contribution is -1.90. The highest BCUT2D eigenvalue weighted by molar-refractivity contribution is 6.31. The molecule has 0 aliphatic heterocycles. The molecule has 0 amide bonds. The van der Waals surface area contributed by atoms with Crippen LogP contribution in [-0.2, 0) is 0 Å². The van der Waals surface area contributed by atoms with E-state index < -0.39 is 0 Å². The molecule has 0 bridgehead atoms. The zero-order valence-electron chi connectivity index (χ0n) is 8.37. The molecule has 0 spiro atoms. The Balaban J connectivity index is 2.53. The van der Waals surface area contributed by atoms with E-state index in [2.05, 4.69) is 4.98 Å². The zero-order valence-corrected chi connectivity index (χ0v) is 9.12. The summed E-state index contributed by atoms with van der Waals surface area (Å²) in [5, 5.41) is 0.680. The fraction of sp³-hybridized carbons (Fsp3) is 0.0833. The molecular formula is C12H11ClN2. The van der Waals surface area contributed by atoms with Crippen molar-refractivity contribution in [3.05, 3.63) is 47.2 Å². The highest BCUT2D eigenvalue weighted by Gasteiger charge is 2.03. The van der Waals surface area contributed by atoms with Crippen molar-refractivity contribution < 1.29 is 0 Å². The smallest absolute Gasteiger partial charge is 0.0413 e. The summed E-state index contributed by atoms with van der Waals surface area (Å²) in [6, 6.07) is 9.38. The molecule has 0 saturated carbocycles. The number of benzene rings is 1. The first-order valence-corrected chi connectivity index (χ1v) is 5.02.